The summed E-state index contributed by atoms with van der Waals surface area (Å²) >= 11 is 0. The van der Waals surface area contributed by atoms with E-state index < -0.39 is 0 Å². The van der Waals surface area contributed by atoms with Crippen molar-refractivity contribution in [2.45, 2.75) is 13.3 Å². The summed E-state index contributed by atoms with van der Waals surface area (Å²) in [5.41, 5.74) is 11.6. The first-order valence-electron chi connectivity index (χ1n) is 6.15. The van der Waals surface area contributed by atoms with Gasteiger partial charge in [0, 0.05) is 12.8 Å². The molecule has 0 heterocycles. The number of aryl methyl sites for hydroxylation is 1. The molecule has 2 aromatic carbocycles. The Hall–Kier alpha value is -1.80. The Bertz CT molecular complexity index is 517. The van der Waals surface area contributed by atoms with Crippen molar-refractivity contribution in [2.24, 2.45) is 0 Å². The van der Waals surface area contributed by atoms with Gasteiger partial charge in [0.05, 0.1) is 6.61 Å². The van der Waals surface area contributed by atoms with Crippen molar-refractivity contribution in [1.82, 2.24) is 0 Å². The molecule has 0 aliphatic carbocycles. The van der Waals surface area contributed by atoms with Crippen LogP contribution in [-0.4, -0.2) is 13.7 Å². The molecule has 94 valence electrons. The molecule has 0 aliphatic heterocycles. The van der Waals surface area contributed by atoms with Crippen LogP contribution in [-0.2, 0) is 11.2 Å². The number of hydrogen-bond donors (Lipinski definition) is 1. The molecule has 2 N–H and O–H groups in total. The molecule has 0 aromatic heterocycles. The van der Waals surface area contributed by atoms with Gasteiger partial charge in [-0.1, -0.05) is 30.3 Å². The summed E-state index contributed by atoms with van der Waals surface area (Å²) < 4.78 is 5.08. The Morgan fingerprint density at radius 3 is 2.44 bits per heavy atom. The average molecular weight is 241 g/mol. The number of rotatable bonds is 4. The quantitative estimate of drug-likeness (QED) is 0.832. The minimum absolute atomic E-state index is 0.761. The fourth-order valence-corrected chi connectivity index (χ4v) is 2.02. The lowest BCUT2D eigenvalue weighted by Crippen LogP contribution is -1.94. The summed E-state index contributed by atoms with van der Waals surface area (Å²) in [4.78, 5) is 0. The van der Waals surface area contributed by atoms with Gasteiger partial charge in [-0.2, -0.15) is 0 Å². The topological polar surface area (TPSA) is 35.2 Å². The van der Waals surface area contributed by atoms with Crippen molar-refractivity contribution in [3.63, 3.8) is 0 Å². The van der Waals surface area contributed by atoms with Crippen LogP contribution in [0.2, 0.25) is 0 Å². The van der Waals surface area contributed by atoms with E-state index in [2.05, 4.69) is 37.3 Å². The van der Waals surface area contributed by atoms with Crippen LogP contribution in [0.5, 0.6) is 0 Å². The molecule has 0 unspecified atom stereocenters. The van der Waals surface area contributed by atoms with Crippen LogP contribution in [0.15, 0.2) is 42.5 Å². The molecule has 0 radical (unpaired) electrons. The summed E-state index contributed by atoms with van der Waals surface area (Å²) in [6.07, 6.45) is 0.951. The van der Waals surface area contributed by atoms with E-state index in [9.17, 15) is 0 Å². The average Bonchev–Trinajstić information content (AvgIpc) is 2.40. The van der Waals surface area contributed by atoms with E-state index in [1.54, 1.807) is 7.11 Å². The summed E-state index contributed by atoms with van der Waals surface area (Å²) in [6, 6.07) is 14.6. The molecule has 0 atom stereocenters. The van der Waals surface area contributed by atoms with Crippen molar-refractivity contribution in [3.8, 4) is 11.1 Å². The minimum atomic E-state index is 0.761. The van der Waals surface area contributed by atoms with E-state index >= 15 is 0 Å². The van der Waals surface area contributed by atoms with Crippen LogP contribution in [0.1, 0.15) is 11.1 Å². The lowest BCUT2D eigenvalue weighted by atomic mass is 9.98. The van der Waals surface area contributed by atoms with Crippen LogP contribution in [0.3, 0.4) is 0 Å². The molecule has 0 amide bonds. The third-order valence-electron chi connectivity index (χ3n) is 3.12. The van der Waals surface area contributed by atoms with Crippen LogP contribution < -0.4 is 5.73 Å². The summed E-state index contributed by atoms with van der Waals surface area (Å²) in [5.74, 6) is 0. The maximum Gasteiger partial charge on any atom is 0.0502 e. The molecule has 18 heavy (non-hydrogen) atoms. The van der Waals surface area contributed by atoms with Gasteiger partial charge in [0.2, 0.25) is 0 Å². The van der Waals surface area contributed by atoms with Gasteiger partial charge >= 0.3 is 0 Å². The lowest BCUT2D eigenvalue weighted by molar-refractivity contribution is 0.202. The lowest BCUT2D eigenvalue weighted by Gasteiger charge is -2.08. The number of nitrogen functional groups attached to an aromatic ring is 1. The Balaban J connectivity index is 2.25. The summed E-state index contributed by atoms with van der Waals surface area (Å²) in [7, 11) is 1.73. The monoisotopic (exact) mass is 241 g/mol. The molecule has 2 nitrogen and oxygen atoms in total. The number of nitrogens with two attached hydrogens (primary N) is 1. The molecule has 2 heteroatoms. The largest absolute Gasteiger partial charge is 0.399 e. The summed E-state index contributed by atoms with van der Waals surface area (Å²) in [6.45, 7) is 2.87. The van der Waals surface area contributed by atoms with Gasteiger partial charge in [0.1, 0.15) is 0 Å². The van der Waals surface area contributed by atoms with Crippen molar-refractivity contribution in [1.29, 1.82) is 0 Å². The van der Waals surface area contributed by atoms with Crippen molar-refractivity contribution < 1.29 is 4.74 Å². The van der Waals surface area contributed by atoms with Gasteiger partial charge in [-0.25, -0.2) is 0 Å². The van der Waals surface area contributed by atoms with Crippen LogP contribution in [0, 0.1) is 6.92 Å². The zero-order valence-electron chi connectivity index (χ0n) is 10.9. The van der Waals surface area contributed by atoms with Crippen LogP contribution >= 0.6 is 0 Å². The number of anilines is 1. The maximum atomic E-state index is 5.84. The maximum absolute atomic E-state index is 5.84. The third-order valence-corrected chi connectivity index (χ3v) is 3.12. The van der Waals surface area contributed by atoms with Crippen molar-refractivity contribution >= 4 is 5.69 Å². The zero-order chi connectivity index (χ0) is 13.0. The highest BCUT2D eigenvalue weighted by molar-refractivity contribution is 5.70. The second-order valence-electron chi connectivity index (χ2n) is 4.51. The Labute approximate surface area is 108 Å². The van der Waals surface area contributed by atoms with Crippen molar-refractivity contribution in [3.05, 3.63) is 53.6 Å². The van der Waals surface area contributed by atoms with E-state index in [1.807, 2.05) is 12.1 Å². The number of ether oxygens (including phenoxy) is 1. The molecule has 0 bridgehead atoms. The molecule has 2 rings (SSSR count). The van der Waals surface area contributed by atoms with Crippen LogP contribution in [0.4, 0.5) is 5.69 Å². The van der Waals surface area contributed by atoms with E-state index in [0.29, 0.717) is 0 Å². The Kier molecular flexibility index (Phi) is 4.00. The normalized spacial score (nSPS) is 10.6. The second-order valence-corrected chi connectivity index (χ2v) is 4.51. The standard InChI is InChI=1S/C16H19NO/c1-12-3-8-15(17)11-16(12)14-6-4-13(5-7-14)9-10-18-2/h3-8,11H,9-10,17H2,1-2H3. The molecule has 0 spiro atoms. The SMILES string of the molecule is COCCc1ccc(-c2cc(N)ccc2C)cc1. The fourth-order valence-electron chi connectivity index (χ4n) is 2.02. The Morgan fingerprint density at radius 2 is 1.78 bits per heavy atom. The van der Waals surface area contributed by atoms with E-state index in [4.69, 9.17) is 10.5 Å². The molecule has 2 aromatic rings. The molecule has 0 saturated heterocycles. The van der Waals surface area contributed by atoms with E-state index in [0.717, 1.165) is 18.7 Å². The predicted molar refractivity (Wildman–Crippen MR) is 76.6 cm³/mol. The first kappa shape index (κ1) is 12.7. The Morgan fingerprint density at radius 1 is 1.06 bits per heavy atom. The highest BCUT2D eigenvalue weighted by atomic mass is 16.5. The minimum Gasteiger partial charge on any atom is -0.399 e. The summed E-state index contributed by atoms with van der Waals surface area (Å²) in [5, 5.41) is 0. The smallest absolute Gasteiger partial charge is 0.0502 e. The van der Waals surface area contributed by atoms with Gasteiger partial charge in [-0.15, -0.1) is 0 Å². The third kappa shape index (κ3) is 2.90. The van der Waals surface area contributed by atoms with Gasteiger partial charge < -0.3 is 10.5 Å². The molecule has 0 fully saturated rings. The van der Waals surface area contributed by atoms with Crippen LogP contribution in [0.25, 0.3) is 11.1 Å². The molecule has 0 saturated carbocycles. The molecule has 0 aliphatic rings. The van der Waals surface area contributed by atoms with E-state index in [1.165, 1.54) is 22.3 Å². The second kappa shape index (κ2) is 5.69. The highest BCUT2D eigenvalue weighted by Gasteiger charge is 2.02. The molecular weight excluding hydrogens is 222 g/mol. The fraction of sp³-hybridized carbons (Fsp3) is 0.250. The van der Waals surface area contributed by atoms with Crippen molar-refractivity contribution in [2.75, 3.05) is 19.5 Å². The van der Waals surface area contributed by atoms with Gasteiger partial charge in [0.25, 0.3) is 0 Å². The molecular formula is C16H19NO. The van der Waals surface area contributed by atoms with Gasteiger partial charge in [-0.3, -0.25) is 0 Å². The van der Waals surface area contributed by atoms with Gasteiger partial charge in [-0.05, 0) is 47.7 Å². The number of hydrogen-bond acceptors (Lipinski definition) is 2. The zero-order valence-corrected chi connectivity index (χ0v) is 10.9. The highest BCUT2D eigenvalue weighted by Crippen LogP contribution is 2.25. The predicted octanol–water partition coefficient (Wildman–Crippen LogP) is 3.43. The first-order valence-corrected chi connectivity index (χ1v) is 6.15. The number of benzene rings is 2. The first-order chi connectivity index (χ1) is 8.70. The number of methoxy groups -OCH3 is 1. The van der Waals surface area contributed by atoms with E-state index in [-0.39, 0.29) is 0 Å². The van der Waals surface area contributed by atoms with Gasteiger partial charge in [0.15, 0.2) is 0 Å².